The van der Waals surface area contributed by atoms with Crippen LogP contribution in [0.1, 0.15) is 66.0 Å². The van der Waals surface area contributed by atoms with Crippen LogP contribution < -0.4 is 5.32 Å². The Balaban J connectivity index is 2.23. The summed E-state index contributed by atoms with van der Waals surface area (Å²) < 4.78 is 22.7. The van der Waals surface area contributed by atoms with Crippen LogP contribution in [0.15, 0.2) is 6.07 Å². The predicted octanol–water partition coefficient (Wildman–Crippen LogP) is 5.33. The molecular formula is C19H34FN3O3Si. The van der Waals surface area contributed by atoms with Crippen LogP contribution in [0.4, 0.5) is 15.0 Å². The minimum absolute atomic E-state index is 0.0250. The summed E-state index contributed by atoms with van der Waals surface area (Å²) in [5, 5.41) is 16.1. The van der Waals surface area contributed by atoms with E-state index >= 15 is 0 Å². The first-order chi connectivity index (χ1) is 12.1. The fourth-order valence-electron chi connectivity index (χ4n) is 3.18. The largest absolute Gasteiger partial charge is 0.465 e. The van der Waals surface area contributed by atoms with Crippen molar-refractivity contribution in [3.8, 4) is 0 Å². The highest BCUT2D eigenvalue weighted by atomic mass is 28.4. The van der Waals surface area contributed by atoms with Crippen molar-refractivity contribution in [3.05, 3.63) is 11.8 Å². The van der Waals surface area contributed by atoms with Crippen molar-refractivity contribution < 1.29 is 18.7 Å². The quantitative estimate of drug-likeness (QED) is 0.671. The Morgan fingerprint density at radius 3 is 2.37 bits per heavy atom. The summed E-state index contributed by atoms with van der Waals surface area (Å²) in [7, 11) is -2.06. The van der Waals surface area contributed by atoms with Crippen LogP contribution in [0.25, 0.3) is 0 Å². The van der Waals surface area contributed by atoms with E-state index in [0.29, 0.717) is 18.7 Å². The second-order valence-electron chi connectivity index (χ2n) is 10.1. The Hall–Kier alpha value is -1.41. The molecule has 1 saturated carbocycles. The van der Waals surface area contributed by atoms with Crippen LogP contribution in [0.5, 0.6) is 0 Å². The Kier molecular flexibility index (Phi) is 5.84. The highest BCUT2D eigenvalue weighted by Crippen LogP contribution is 2.44. The van der Waals surface area contributed by atoms with Gasteiger partial charge in [0.05, 0.1) is 17.3 Å². The molecule has 0 radical (unpaired) electrons. The Bertz CT molecular complexity index is 691. The summed E-state index contributed by atoms with van der Waals surface area (Å²) in [6.07, 6.45) is -1.67. The molecule has 1 aromatic heterocycles. The van der Waals surface area contributed by atoms with E-state index in [1.807, 2.05) is 20.8 Å². The lowest BCUT2D eigenvalue weighted by atomic mass is 10.0. The van der Waals surface area contributed by atoms with Gasteiger partial charge in [-0.05, 0) is 51.7 Å². The monoisotopic (exact) mass is 399 g/mol. The number of amides is 1. The zero-order valence-electron chi connectivity index (χ0n) is 17.8. The summed E-state index contributed by atoms with van der Waals surface area (Å²) in [6, 6.07) is 1.73. The number of alkyl halides is 1. The van der Waals surface area contributed by atoms with Gasteiger partial charge in [0.15, 0.2) is 8.32 Å². The fraction of sp³-hybridized carbons (Fsp3) is 0.789. The minimum atomic E-state index is -2.06. The minimum Gasteiger partial charge on any atom is -0.465 e. The van der Waals surface area contributed by atoms with E-state index in [9.17, 15) is 9.18 Å². The molecular weight excluding hydrogens is 365 g/mol. The van der Waals surface area contributed by atoms with Gasteiger partial charge in [0.1, 0.15) is 12.0 Å². The standard InChI is InChI=1S/C19H34FN3O3Si/c1-18(2,3)23-16(21-17(24)25)11-14(22-23)12-9-13(20)15(10-12)26-27(7,8)19(4,5)6/h11-13,15,21H,9-10H2,1-8H3,(H,24,25)/t12-,13+,15-/m1/s1. The summed E-state index contributed by atoms with van der Waals surface area (Å²) in [5.41, 5.74) is 0.332. The molecule has 0 aromatic carbocycles. The van der Waals surface area contributed by atoms with Gasteiger partial charge in [-0.15, -0.1) is 0 Å². The van der Waals surface area contributed by atoms with E-state index in [0.717, 1.165) is 5.69 Å². The van der Waals surface area contributed by atoms with E-state index in [4.69, 9.17) is 9.53 Å². The van der Waals surface area contributed by atoms with Gasteiger partial charge >= 0.3 is 6.09 Å². The van der Waals surface area contributed by atoms with Crippen molar-refractivity contribution in [2.45, 2.75) is 96.2 Å². The van der Waals surface area contributed by atoms with Crippen LogP contribution in [0.3, 0.4) is 0 Å². The van der Waals surface area contributed by atoms with Gasteiger partial charge in [-0.3, -0.25) is 5.32 Å². The third kappa shape index (κ3) is 4.90. The molecule has 154 valence electrons. The second-order valence-corrected chi connectivity index (χ2v) is 14.8. The molecule has 0 aliphatic heterocycles. The highest BCUT2D eigenvalue weighted by Gasteiger charge is 2.45. The van der Waals surface area contributed by atoms with Gasteiger partial charge in [-0.2, -0.15) is 5.10 Å². The van der Waals surface area contributed by atoms with Gasteiger partial charge < -0.3 is 9.53 Å². The normalized spacial score (nSPS) is 24.3. The molecule has 1 aromatic rings. The molecule has 0 unspecified atom stereocenters. The highest BCUT2D eigenvalue weighted by molar-refractivity contribution is 6.74. The molecule has 1 aliphatic carbocycles. The molecule has 2 rings (SSSR count). The lowest BCUT2D eigenvalue weighted by Crippen LogP contribution is -2.45. The lowest BCUT2D eigenvalue weighted by Gasteiger charge is -2.38. The van der Waals surface area contributed by atoms with Crippen molar-refractivity contribution in [2.24, 2.45) is 0 Å². The number of anilines is 1. The van der Waals surface area contributed by atoms with Crippen LogP contribution in [0, 0.1) is 0 Å². The molecule has 0 saturated heterocycles. The maximum Gasteiger partial charge on any atom is 0.410 e. The maximum absolute atomic E-state index is 14.7. The van der Waals surface area contributed by atoms with Crippen molar-refractivity contribution in [3.63, 3.8) is 0 Å². The zero-order chi connectivity index (χ0) is 20.8. The summed E-state index contributed by atoms with van der Waals surface area (Å²) in [6.45, 7) is 16.6. The molecule has 1 amide bonds. The molecule has 6 nitrogen and oxygen atoms in total. The van der Waals surface area contributed by atoms with E-state index < -0.39 is 26.7 Å². The first-order valence-electron chi connectivity index (χ1n) is 9.54. The maximum atomic E-state index is 14.7. The number of nitrogens with zero attached hydrogens (tertiary/aromatic N) is 2. The molecule has 8 heteroatoms. The fourth-order valence-corrected chi connectivity index (χ4v) is 4.53. The van der Waals surface area contributed by atoms with Crippen LogP contribution >= 0.6 is 0 Å². The molecule has 27 heavy (non-hydrogen) atoms. The average Bonchev–Trinajstić information content (AvgIpc) is 3.01. The Labute approximate surface area is 162 Å². The molecule has 0 bridgehead atoms. The summed E-state index contributed by atoms with van der Waals surface area (Å²) in [4.78, 5) is 11.1. The van der Waals surface area contributed by atoms with E-state index in [-0.39, 0.29) is 16.5 Å². The first-order valence-corrected chi connectivity index (χ1v) is 12.4. The first kappa shape index (κ1) is 21.9. The Morgan fingerprint density at radius 1 is 1.30 bits per heavy atom. The number of carboxylic acid groups (broad SMARTS) is 1. The van der Waals surface area contributed by atoms with Gasteiger partial charge in [-0.25, -0.2) is 13.9 Å². The van der Waals surface area contributed by atoms with Crippen LogP contribution in [0.2, 0.25) is 18.1 Å². The number of rotatable bonds is 4. The zero-order valence-corrected chi connectivity index (χ0v) is 18.8. The van der Waals surface area contributed by atoms with E-state index in [1.54, 1.807) is 10.7 Å². The third-order valence-electron chi connectivity index (χ3n) is 5.70. The van der Waals surface area contributed by atoms with E-state index in [2.05, 4.69) is 44.3 Å². The van der Waals surface area contributed by atoms with Gasteiger partial charge in [0.2, 0.25) is 0 Å². The van der Waals surface area contributed by atoms with Crippen molar-refractivity contribution in [1.82, 2.24) is 9.78 Å². The number of hydrogen-bond donors (Lipinski definition) is 2. The summed E-state index contributed by atoms with van der Waals surface area (Å²) in [5.74, 6) is 0.335. The number of hydrogen-bond acceptors (Lipinski definition) is 3. The summed E-state index contributed by atoms with van der Waals surface area (Å²) >= 11 is 0. The average molecular weight is 400 g/mol. The predicted molar refractivity (Wildman–Crippen MR) is 108 cm³/mol. The molecule has 1 fully saturated rings. The smallest absolute Gasteiger partial charge is 0.410 e. The third-order valence-corrected chi connectivity index (χ3v) is 10.2. The van der Waals surface area contributed by atoms with Crippen LogP contribution in [-0.4, -0.2) is 41.6 Å². The van der Waals surface area contributed by atoms with Crippen molar-refractivity contribution >= 4 is 20.2 Å². The van der Waals surface area contributed by atoms with Gasteiger partial charge in [0, 0.05) is 12.0 Å². The number of halogens is 1. The molecule has 0 spiro atoms. The Morgan fingerprint density at radius 2 is 1.89 bits per heavy atom. The lowest BCUT2D eigenvalue weighted by molar-refractivity contribution is 0.111. The molecule has 3 atom stereocenters. The van der Waals surface area contributed by atoms with Crippen LogP contribution in [-0.2, 0) is 9.96 Å². The van der Waals surface area contributed by atoms with E-state index in [1.165, 1.54) is 0 Å². The molecule has 1 aliphatic rings. The van der Waals surface area contributed by atoms with Crippen molar-refractivity contribution in [1.29, 1.82) is 0 Å². The number of aromatic nitrogens is 2. The van der Waals surface area contributed by atoms with Crippen molar-refractivity contribution in [2.75, 3.05) is 5.32 Å². The topological polar surface area (TPSA) is 76.4 Å². The second kappa shape index (κ2) is 7.20. The number of nitrogens with one attached hydrogen (secondary N) is 1. The number of carbonyl (C=O) groups is 1. The van der Waals surface area contributed by atoms with Gasteiger partial charge in [0.25, 0.3) is 0 Å². The molecule has 1 heterocycles. The van der Waals surface area contributed by atoms with Gasteiger partial charge in [-0.1, -0.05) is 20.8 Å². The molecule has 2 N–H and O–H groups in total. The SMILES string of the molecule is CC(C)(C)n1nc([C@@H]2C[C@H](F)[C@H](O[Si](C)(C)C(C)(C)C)C2)cc1NC(=O)O.